The molecule has 3 unspecified atom stereocenters. The van der Waals surface area contributed by atoms with E-state index in [4.69, 9.17) is 32.7 Å². The highest BCUT2D eigenvalue weighted by atomic mass is 35.5. The van der Waals surface area contributed by atoms with Crippen molar-refractivity contribution in [2.24, 2.45) is 4.99 Å². The number of guanidine groups is 1. The van der Waals surface area contributed by atoms with Crippen LogP contribution in [0.4, 0.5) is 4.79 Å². The molecule has 2 aliphatic rings. The number of β-amino-alcohol motifs (C(OH)–C–C–N with tert-alkyl or cyclic N) is 1. The van der Waals surface area contributed by atoms with Crippen molar-refractivity contribution in [3.05, 3.63) is 28.2 Å². The monoisotopic (exact) mass is 473 g/mol. The standard InChI is InChI=1S/C19H25Cl2N5O5/c1-25-16-15(17(28)24-19(25)29)26(18(23-16)22-6-3-7-30-2)9-12(27)10-31-14-5-4-11(20)8-13(14)21/h4-5,8,12,15-16,27H,3,6-7,9-10H2,1-2H3,(H,22,23)(H,24,28,29). The molecule has 0 radical (unpaired) electrons. The lowest BCUT2D eigenvalue weighted by Gasteiger charge is -2.35. The molecule has 1 aromatic carbocycles. The van der Waals surface area contributed by atoms with E-state index >= 15 is 0 Å². The van der Waals surface area contributed by atoms with Crippen molar-refractivity contribution in [1.82, 2.24) is 20.4 Å². The number of amides is 3. The summed E-state index contributed by atoms with van der Waals surface area (Å²) in [6.07, 6.45) is -0.875. The zero-order valence-corrected chi connectivity index (χ0v) is 18.7. The summed E-state index contributed by atoms with van der Waals surface area (Å²) in [6, 6.07) is 3.55. The number of aliphatic imine (C=N–C) groups is 1. The number of methoxy groups -OCH3 is 1. The van der Waals surface area contributed by atoms with Crippen LogP contribution in [-0.2, 0) is 9.53 Å². The number of rotatable bonds is 9. The van der Waals surface area contributed by atoms with Gasteiger partial charge in [-0.05, 0) is 24.6 Å². The van der Waals surface area contributed by atoms with E-state index in [0.29, 0.717) is 41.3 Å². The second-order valence-corrected chi connectivity index (χ2v) is 8.03. The average Bonchev–Trinajstić information content (AvgIpc) is 3.07. The van der Waals surface area contributed by atoms with E-state index in [1.807, 2.05) is 0 Å². The Kier molecular flexibility index (Phi) is 7.82. The Bertz CT molecular complexity index is 855. The van der Waals surface area contributed by atoms with Gasteiger partial charge in [-0.2, -0.15) is 0 Å². The van der Waals surface area contributed by atoms with E-state index in [9.17, 15) is 14.7 Å². The first-order valence-corrected chi connectivity index (χ1v) is 10.5. The fourth-order valence-electron chi connectivity index (χ4n) is 3.37. The van der Waals surface area contributed by atoms with E-state index in [0.717, 1.165) is 0 Å². The molecule has 0 bridgehead atoms. The minimum absolute atomic E-state index is 0.0535. The fraction of sp³-hybridized carbons (Fsp3) is 0.526. The number of benzene rings is 1. The molecular formula is C19H25Cl2N5O5. The summed E-state index contributed by atoms with van der Waals surface area (Å²) >= 11 is 12.0. The van der Waals surface area contributed by atoms with E-state index in [2.05, 4.69) is 15.6 Å². The first-order chi connectivity index (χ1) is 14.8. The molecule has 2 saturated heterocycles. The van der Waals surface area contributed by atoms with Gasteiger partial charge in [0.2, 0.25) is 0 Å². The van der Waals surface area contributed by atoms with Gasteiger partial charge in [-0.25, -0.2) is 4.79 Å². The van der Waals surface area contributed by atoms with Crippen LogP contribution in [0.25, 0.3) is 0 Å². The number of aliphatic hydroxyl groups is 1. The fourth-order valence-corrected chi connectivity index (χ4v) is 3.84. The number of likely N-dealkylation sites (N-methyl/N-ethyl adjacent to an activating group) is 1. The predicted octanol–water partition coefficient (Wildman–Crippen LogP) is 0.907. The Morgan fingerprint density at radius 2 is 2.10 bits per heavy atom. The average molecular weight is 474 g/mol. The van der Waals surface area contributed by atoms with Gasteiger partial charge in [-0.1, -0.05) is 23.2 Å². The van der Waals surface area contributed by atoms with Gasteiger partial charge in [0, 0.05) is 32.3 Å². The number of halogens is 2. The van der Waals surface area contributed by atoms with Crippen LogP contribution < -0.4 is 15.4 Å². The molecule has 0 saturated carbocycles. The summed E-state index contributed by atoms with van der Waals surface area (Å²) < 4.78 is 10.6. The molecule has 10 nitrogen and oxygen atoms in total. The molecule has 0 aromatic heterocycles. The lowest BCUT2D eigenvalue weighted by atomic mass is 10.1. The number of imide groups is 1. The van der Waals surface area contributed by atoms with Crippen molar-refractivity contribution in [3.8, 4) is 5.75 Å². The van der Waals surface area contributed by atoms with Gasteiger partial charge in [0.15, 0.2) is 12.0 Å². The summed E-state index contributed by atoms with van der Waals surface area (Å²) in [5.74, 6) is 0.347. The second-order valence-electron chi connectivity index (χ2n) is 7.18. The van der Waals surface area contributed by atoms with Crippen molar-refractivity contribution in [3.63, 3.8) is 0 Å². The molecule has 3 atom stereocenters. The van der Waals surface area contributed by atoms with Crippen molar-refractivity contribution >= 4 is 41.1 Å². The Morgan fingerprint density at radius 1 is 1.32 bits per heavy atom. The Hall–Kier alpha value is -2.27. The molecule has 2 aliphatic heterocycles. The molecule has 3 amide bonds. The molecule has 3 N–H and O–H groups in total. The van der Waals surface area contributed by atoms with Crippen LogP contribution in [0, 0.1) is 0 Å². The number of hydrogen-bond acceptors (Lipinski definition) is 6. The number of carbonyl (C=O) groups is 2. The highest BCUT2D eigenvalue weighted by Gasteiger charge is 2.50. The van der Waals surface area contributed by atoms with Gasteiger partial charge in [0.25, 0.3) is 5.91 Å². The van der Waals surface area contributed by atoms with Crippen LogP contribution in [0.3, 0.4) is 0 Å². The zero-order valence-electron chi connectivity index (χ0n) is 17.2. The number of ether oxygens (including phenoxy) is 2. The number of nitrogens with zero attached hydrogens (tertiary/aromatic N) is 3. The SMILES string of the molecule is COCCCN=C1NC2C(C(=O)NC(=O)N2C)N1CC(O)COc1ccc(Cl)cc1Cl. The van der Waals surface area contributed by atoms with Gasteiger partial charge >= 0.3 is 6.03 Å². The van der Waals surface area contributed by atoms with Gasteiger partial charge in [-0.3, -0.25) is 15.1 Å². The van der Waals surface area contributed by atoms with Crippen molar-refractivity contribution in [2.75, 3.05) is 40.5 Å². The molecular weight excluding hydrogens is 449 g/mol. The van der Waals surface area contributed by atoms with Crippen molar-refractivity contribution < 1.29 is 24.2 Å². The predicted molar refractivity (Wildman–Crippen MR) is 115 cm³/mol. The van der Waals surface area contributed by atoms with Crippen LogP contribution in [0.1, 0.15) is 6.42 Å². The normalized spacial score (nSPS) is 22.9. The van der Waals surface area contributed by atoms with E-state index in [-0.39, 0.29) is 13.2 Å². The Labute approximate surface area is 190 Å². The maximum atomic E-state index is 12.5. The van der Waals surface area contributed by atoms with Crippen molar-refractivity contribution in [2.45, 2.75) is 24.7 Å². The van der Waals surface area contributed by atoms with Crippen molar-refractivity contribution in [1.29, 1.82) is 0 Å². The first-order valence-electron chi connectivity index (χ1n) is 9.72. The first kappa shape index (κ1) is 23.4. The highest BCUT2D eigenvalue weighted by molar-refractivity contribution is 6.35. The number of carbonyl (C=O) groups excluding carboxylic acids is 2. The quantitative estimate of drug-likeness (QED) is 0.456. The Morgan fingerprint density at radius 3 is 2.81 bits per heavy atom. The van der Waals surface area contributed by atoms with Gasteiger partial charge < -0.3 is 29.7 Å². The number of urea groups is 1. The smallest absolute Gasteiger partial charge is 0.325 e. The lowest BCUT2D eigenvalue weighted by Crippen LogP contribution is -2.65. The number of hydrogen-bond donors (Lipinski definition) is 3. The zero-order chi connectivity index (χ0) is 22.5. The van der Waals surface area contributed by atoms with Gasteiger partial charge in [0.1, 0.15) is 24.6 Å². The lowest BCUT2D eigenvalue weighted by molar-refractivity contribution is -0.127. The second kappa shape index (κ2) is 10.4. The number of nitrogens with one attached hydrogen (secondary N) is 2. The molecule has 12 heteroatoms. The van der Waals surface area contributed by atoms with Crippen LogP contribution in [-0.4, -0.2) is 91.6 Å². The summed E-state index contributed by atoms with van der Waals surface area (Å²) in [5.41, 5.74) is 0. The van der Waals surface area contributed by atoms with E-state index in [1.54, 1.807) is 37.3 Å². The minimum Gasteiger partial charge on any atom is -0.489 e. The summed E-state index contributed by atoms with van der Waals surface area (Å²) in [5, 5.41) is 16.8. The molecule has 2 heterocycles. The molecule has 0 aliphatic carbocycles. The van der Waals surface area contributed by atoms with E-state index in [1.165, 1.54) is 4.90 Å². The summed E-state index contributed by atoms with van der Waals surface area (Å²) in [6.45, 7) is 0.986. The van der Waals surface area contributed by atoms with Crippen LogP contribution in [0.5, 0.6) is 5.75 Å². The topological polar surface area (TPSA) is 116 Å². The maximum Gasteiger partial charge on any atom is 0.325 e. The summed E-state index contributed by atoms with van der Waals surface area (Å²) in [4.78, 5) is 32.1. The maximum absolute atomic E-state index is 12.5. The number of fused-ring (bicyclic) bond motifs is 1. The third-order valence-corrected chi connectivity index (χ3v) is 5.45. The third-order valence-electron chi connectivity index (χ3n) is 4.92. The molecule has 0 spiro atoms. The molecule has 1 aromatic rings. The molecule has 3 rings (SSSR count). The molecule has 2 fully saturated rings. The van der Waals surface area contributed by atoms with Crippen LogP contribution in [0.15, 0.2) is 23.2 Å². The minimum atomic E-state index is -0.966. The van der Waals surface area contributed by atoms with Crippen LogP contribution in [0.2, 0.25) is 10.0 Å². The van der Waals surface area contributed by atoms with Gasteiger partial charge in [-0.15, -0.1) is 0 Å². The number of aliphatic hydroxyl groups excluding tert-OH is 1. The molecule has 31 heavy (non-hydrogen) atoms. The molecule has 170 valence electrons. The largest absolute Gasteiger partial charge is 0.489 e. The van der Waals surface area contributed by atoms with Gasteiger partial charge in [0.05, 0.1) is 11.6 Å². The summed E-state index contributed by atoms with van der Waals surface area (Å²) in [7, 11) is 3.19. The van der Waals surface area contributed by atoms with Crippen LogP contribution >= 0.6 is 23.2 Å². The third kappa shape index (κ3) is 5.51. The highest BCUT2D eigenvalue weighted by Crippen LogP contribution is 2.28. The Balaban J connectivity index is 1.71. The van der Waals surface area contributed by atoms with E-state index < -0.39 is 30.2 Å².